The van der Waals surface area contributed by atoms with Gasteiger partial charge in [0.25, 0.3) is 0 Å². The first-order chi connectivity index (χ1) is 8.17. The number of alkyl carbamates (subject to hydrolysis) is 1. The molecule has 4 nitrogen and oxygen atoms in total. The fourth-order valence-corrected chi connectivity index (χ4v) is 2.08. The van der Waals surface area contributed by atoms with Crippen LogP contribution in [-0.4, -0.2) is 30.1 Å². The second-order valence-electron chi connectivity index (χ2n) is 3.33. The van der Waals surface area contributed by atoms with E-state index in [0.29, 0.717) is 17.9 Å². The van der Waals surface area contributed by atoms with Crippen molar-refractivity contribution in [3.8, 4) is 0 Å². The highest BCUT2D eigenvalue weighted by Crippen LogP contribution is 2.30. The normalized spacial score (nSPS) is 17.2. The predicted molar refractivity (Wildman–Crippen MR) is 72.3 cm³/mol. The average Bonchev–Trinajstić information content (AvgIpc) is 2.68. The molecule has 0 aromatic heterocycles. The molecule has 1 rings (SSSR count). The quantitative estimate of drug-likeness (QED) is 0.595. The van der Waals surface area contributed by atoms with Crippen LogP contribution in [0.15, 0.2) is 22.6 Å². The Hall–Kier alpha value is -0.880. The molecular weight excluding hydrogens is 258 g/mol. The van der Waals surface area contributed by atoms with Crippen LogP contribution in [0.2, 0.25) is 0 Å². The molecule has 1 amide bonds. The first kappa shape index (κ1) is 14.2. The van der Waals surface area contributed by atoms with Gasteiger partial charge in [-0.1, -0.05) is 6.08 Å². The molecule has 1 aliphatic rings. The summed E-state index contributed by atoms with van der Waals surface area (Å²) in [6.45, 7) is 2.42. The van der Waals surface area contributed by atoms with Crippen LogP contribution in [0.5, 0.6) is 0 Å². The topological polar surface area (TPSA) is 55.4 Å². The number of nitrogens with one attached hydrogen (secondary N) is 1. The van der Waals surface area contributed by atoms with Crippen LogP contribution in [0.25, 0.3) is 0 Å². The summed E-state index contributed by atoms with van der Waals surface area (Å²) in [5.74, 6) is 0.714. The van der Waals surface area contributed by atoms with Gasteiger partial charge in [0.2, 0.25) is 5.12 Å². The largest absolute Gasteiger partial charge is 0.445 e. The first-order valence-corrected chi connectivity index (χ1v) is 6.72. The smallest absolute Gasteiger partial charge is 0.407 e. The van der Waals surface area contributed by atoms with Crippen molar-refractivity contribution in [2.75, 3.05) is 18.9 Å². The lowest BCUT2D eigenvalue weighted by Crippen LogP contribution is -2.26. The second kappa shape index (κ2) is 7.45. The van der Waals surface area contributed by atoms with Gasteiger partial charge in [0.1, 0.15) is 6.61 Å². The highest BCUT2D eigenvalue weighted by Gasteiger charge is 2.20. The summed E-state index contributed by atoms with van der Waals surface area (Å²) in [5, 5.41) is 2.52. The van der Waals surface area contributed by atoms with E-state index in [4.69, 9.17) is 4.74 Å². The summed E-state index contributed by atoms with van der Waals surface area (Å²) in [5.41, 5.74) is 0.521. The lowest BCUT2D eigenvalue weighted by molar-refractivity contribution is -0.108. The molecule has 1 aliphatic heterocycles. The first-order valence-electron chi connectivity index (χ1n) is 5.28. The SMILES string of the molecule is CC=C1C=C(COC(=O)NCCCS)C(=O)S1. The van der Waals surface area contributed by atoms with Crippen molar-refractivity contribution in [1.82, 2.24) is 5.32 Å². The maximum atomic E-state index is 11.4. The van der Waals surface area contributed by atoms with Crippen LogP contribution in [0, 0.1) is 0 Å². The fraction of sp³-hybridized carbons (Fsp3) is 0.455. The van der Waals surface area contributed by atoms with Crippen molar-refractivity contribution in [2.24, 2.45) is 0 Å². The van der Waals surface area contributed by atoms with E-state index in [0.717, 1.165) is 23.1 Å². The molecule has 1 N–H and O–H groups in total. The van der Waals surface area contributed by atoms with E-state index in [1.165, 1.54) is 0 Å². The third-order valence-electron chi connectivity index (χ3n) is 2.04. The van der Waals surface area contributed by atoms with Crippen molar-refractivity contribution >= 4 is 35.6 Å². The van der Waals surface area contributed by atoms with Gasteiger partial charge in [-0.15, -0.1) is 0 Å². The van der Waals surface area contributed by atoms with Crippen LogP contribution in [0.3, 0.4) is 0 Å². The molecular formula is C11H15NO3S2. The number of thioether (sulfide) groups is 1. The van der Waals surface area contributed by atoms with Gasteiger partial charge in [0, 0.05) is 17.0 Å². The summed E-state index contributed by atoms with van der Waals surface area (Å²) in [4.78, 5) is 23.6. The maximum absolute atomic E-state index is 11.4. The number of thiol groups is 1. The molecule has 0 atom stereocenters. The minimum absolute atomic E-state index is 0.0237. The van der Waals surface area contributed by atoms with Crippen LogP contribution in [0.1, 0.15) is 13.3 Å². The molecule has 0 bridgehead atoms. The minimum atomic E-state index is -0.501. The molecule has 0 unspecified atom stereocenters. The zero-order valence-electron chi connectivity index (χ0n) is 9.56. The summed E-state index contributed by atoms with van der Waals surface area (Å²) >= 11 is 5.18. The Morgan fingerprint density at radius 3 is 3.00 bits per heavy atom. The zero-order valence-corrected chi connectivity index (χ0v) is 11.3. The molecule has 0 aliphatic carbocycles. The Morgan fingerprint density at radius 2 is 2.41 bits per heavy atom. The Kier molecular flexibility index (Phi) is 6.21. The van der Waals surface area contributed by atoms with Crippen molar-refractivity contribution in [2.45, 2.75) is 13.3 Å². The molecule has 0 saturated heterocycles. The number of ether oxygens (including phenoxy) is 1. The molecule has 6 heteroatoms. The van der Waals surface area contributed by atoms with Crippen LogP contribution in [-0.2, 0) is 9.53 Å². The third kappa shape index (κ3) is 4.87. The zero-order chi connectivity index (χ0) is 12.7. The van der Waals surface area contributed by atoms with Crippen molar-refractivity contribution < 1.29 is 14.3 Å². The molecule has 0 spiro atoms. The van der Waals surface area contributed by atoms with E-state index in [9.17, 15) is 9.59 Å². The van der Waals surface area contributed by atoms with E-state index in [1.54, 1.807) is 6.08 Å². The van der Waals surface area contributed by atoms with E-state index >= 15 is 0 Å². The Labute approximate surface area is 110 Å². The summed E-state index contributed by atoms with van der Waals surface area (Å²) in [6.07, 6.45) is 3.88. The molecule has 1 heterocycles. The lowest BCUT2D eigenvalue weighted by Gasteiger charge is -2.05. The minimum Gasteiger partial charge on any atom is -0.445 e. The monoisotopic (exact) mass is 273 g/mol. The van der Waals surface area contributed by atoms with Gasteiger partial charge < -0.3 is 10.1 Å². The lowest BCUT2D eigenvalue weighted by atomic mass is 10.3. The number of rotatable bonds is 5. The van der Waals surface area contributed by atoms with Gasteiger partial charge in [-0.3, -0.25) is 4.79 Å². The maximum Gasteiger partial charge on any atom is 0.407 e. The van der Waals surface area contributed by atoms with Crippen molar-refractivity contribution in [3.63, 3.8) is 0 Å². The molecule has 0 radical (unpaired) electrons. The number of amides is 1. The van der Waals surface area contributed by atoms with E-state index in [-0.39, 0.29) is 11.7 Å². The van der Waals surface area contributed by atoms with E-state index in [1.807, 2.05) is 13.0 Å². The van der Waals surface area contributed by atoms with Gasteiger partial charge in [0.15, 0.2) is 0 Å². The van der Waals surface area contributed by atoms with Crippen LogP contribution < -0.4 is 5.32 Å². The van der Waals surface area contributed by atoms with Gasteiger partial charge in [-0.25, -0.2) is 4.79 Å². The highest BCUT2D eigenvalue weighted by molar-refractivity contribution is 8.18. The van der Waals surface area contributed by atoms with E-state index in [2.05, 4.69) is 17.9 Å². The Morgan fingerprint density at radius 1 is 1.65 bits per heavy atom. The standard InChI is InChI=1S/C11H15NO3S2/c1-2-9-6-8(10(13)17-9)7-15-11(14)12-4-3-5-16/h2,6,16H,3-5,7H2,1H3,(H,12,14). The molecule has 0 aromatic rings. The van der Waals surface area contributed by atoms with Gasteiger partial charge in [-0.2, -0.15) is 12.6 Å². The van der Waals surface area contributed by atoms with Crippen molar-refractivity contribution in [1.29, 1.82) is 0 Å². The summed E-state index contributed by atoms with van der Waals surface area (Å²) < 4.78 is 4.93. The summed E-state index contributed by atoms with van der Waals surface area (Å²) in [7, 11) is 0. The Bertz CT molecular complexity index is 364. The Balaban J connectivity index is 2.31. The highest BCUT2D eigenvalue weighted by atomic mass is 32.2. The number of hydrogen-bond acceptors (Lipinski definition) is 5. The fourth-order valence-electron chi connectivity index (χ4n) is 1.14. The van der Waals surface area contributed by atoms with Gasteiger partial charge in [-0.05, 0) is 36.9 Å². The van der Waals surface area contributed by atoms with Crippen LogP contribution >= 0.6 is 24.4 Å². The van der Waals surface area contributed by atoms with Crippen LogP contribution in [0.4, 0.5) is 4.79 Å². The van der Waals surface area contributed by atoms with E-state index < -0.39 is 6.09 Å². The number of allylic oxidation sites excluding steroid dienone is 2. The summed E-state index contributed by atoms with van der Waals surface area (Å²) in [6, 6.07) is 0. The molecule has 94 valence electrons. The molecule has 0 saturated carbocycles. The second-order valence-corrected chi connectivity index (χ2v) is 4.82. The predicted octanol–water partition coefficient (Wildman–Crippen LogP) is 2.14. The average molecular weight is 273 g/mol. The molecule has 0 fully saturated rings. The van der Waals surface area contributed by atoms with Gasteiger partial charge >= 0.3 is 6.09 Å². The van der Waals surface area contributed by atoms with Crippen molar-refractivity contribution in [3.05, 3.63) is 22.6 Å². The number of carbonyl (C=O) groups is 2. The molecule has 17 heavy (non-hydrogen) atoms. The number of hydrogen-bond donors (Lipinski definition) is 2. The third-order valence-corrected chi connectivity index (χ3v) is 3.39. The number of carbonyl (C=O) groups excluding carboxylic acids is 2. The molecule has 0 aromatic carbocycles. The van der Waals surface area contributed by atoms with Gasteiger partial charge in [0.05, 0.1) is 0 Å².